The second-order valence-corrected chi connectivity index (χ2v) is 3.67. The van der Waals surface area contributed by atoms with Gasteiger partial charge in [0.2, 0.25) is 5.91 Å². The van der Waals surface area contributed by atoms with E-state index in [-0.39, 0.29) is 5.91 Å². The predicted octanol–water partition coefficient (Wildman–Crippen LogP) is 1.61. The average Bonchev–Trinajstić information content (AvgIpc) is 2.42. The summed E-state index contributed by atoms with van der Waals surface area (Å²) in [5.41, 5.74) is 0. The van der Waals surface area contributed by atoms with Crippen molar-refractivity contribution in [2.45, 2.75) is 12.8 Å². The van der Waals surface area contributed by atoms with Crippen molar-refractivity contribution in [3.8, 4) is 17.2 Å². The van der Waals surface area contributed by atoms with E-state index in [0.29, 0.717) is 36.7 Å². The van der Waals surface area contributed by atoms with Crippen LogP contribution in [0, 0.1) is 0 Å². The van der Waals surface area contributed by atoms with E-state index >= 15 is 0 Å². The van der Waals surface area contributed by atoms with Crippen LogP contribution >= 0.6 is 0 Å². The van der Waals surface area contributed by atoms with Crippen molar-refractivity contribution >= 4 is 5.91 Å². The van der Waals surface area contributed by atoms with Crippen molar-refractivity contribution in [3.05, 3.63) is 18.2 Å². The number of ether oxygens (including phenoxy) is 3. The number of carbonyl (C=O) groups excluding carboxylic acids is 1. The molecule has 1 rings (SSSR count). The minimum absolute atomic E-state index is 0.0156. The third-order valence-electron chi connectivity index (χ3n) is 2.42. The highest BCUT2D eigenvalue weighted by atomic mass is 16.5. The second kappa shape index (κ2) is 7.42. The molecule has 0 saturated carbocycles. The first-order chi connectivity index (χ1) is 8.69. The topological polar surface area (TPSA) is 56.8 Å². The summed E-state index contributed by atoms with van der Waals surface area (Å²) in [6.07, 6.45) is 1.12. The van der Waals surface area contributed by atoms with E-state index in [0.717, 1.165) is 0 Å². The third-order valence-corrected chi connectivity index (χ3v) is 2.42. The molecule has 0 bridgehead atoms. The van der Waals surface area contributed by atoms with Crippen molar-refractivity contribution in [2.24, 2.45) is 0 Å². The summed E-state index contributed by atoms with van der Waals surface area (Å²) in [5, 5.41) is 2.57. The lowest BCUT2D eigenvalue weighted by atomic mass is 10.3. The highest BCUT2D eigenvalue weighted by Crippen LogP contribution is 2.27. The molecule has 0 saturated heterocycles. The van der Waals surface area contributed by atoms with Crippen LogP contribution < -0.4 is 19.5 Å². The van der Waals surface area contributed by atoms with Gasteiger partial charge in [0.15, 0.2) is 0 Å². The fraction of sp³-hybridized carbons (Fsp3) is 0.462. The molecule has 0 atom stereocenters. The quantitative estimate of drug-likeness (QED) is 0.750. The van der Waals surface area contributed by atoms with Crippen LogP contribution in [0.15, 0.2) is 18.2 Å². The van der Waals surface area contributed by atoms with Gasteiger partial charge in [-0.05, 0) is 6.42 Å². The summed E-state index contributed by atoms with van der Waals surface area (Å²) in [5.74, 6) is 2.04. The summed E-state index contributed by atoms with van der Waals surface area (Å²) in [6.45, 7) is 0.476. The standard InChI is InChI=1S/C13H19NO4/c1-14-13(15)5-4-6-18-12-8-10(16-2)7-11(9-12)17-3/h7-9H,4-6H2,1-3H3,(H,14,15). The van der Waals surface area contributed by atoms with Gasteiger partial charge in [-0.1, -0.05) is 0 Å². The molecule has 5 heteroatoms. The van der Waals surface area contributed by atoms with Crippen LogP contribution in [-0.2, 0) is 4.79 Å². The maximum absolute atomic E-state index is 11.0. The number of hydrogen-bond donors (Lipinski definition) is 1. The zero-order valence-corrected chi connectivity index (χ0v) is 11.0. The van der Waals surface area contributed by atoms with Gasteiger partial charge in [0.25, 0.3) is 0 Å². The minimum Gasteiger partial charge on any atom is -0.496 e. The van der Waals surface area contributed by atoms with E-state index in [2.05, 4.69) is 5.32 Å². The molecule has 0 aliphatic heterocycles. The Bertz CT molecular complexity index is 370. The molecule has 1 aromatic rings. The van der Waals surface area contributed by atoms with E-state index in [4.69, 9.17) is 14.2 Å². The Balaban J connectivity index is 2.48. The molecule has 0 aromatic heterocycles. The van der Waals surface area contributed by atoms with Gasteiger partial charge in [0, 0.05) is 31.7 Å². The van der Waals surface area contributed by atoms with Crippen molar-refractivity contribution in [1.82, 2.24) is 5.32 Å². The largest absolute Gasteiger partial charge is 0.496 e. The Morgan fingerprint density at radius 1 is 1.11 bits per heavy atom. The number of hydrogen-bond acceptors (Lipinski definition) is 4. The molecule has 0 aliphatic rings. The van der Waals surface area contributed by atoms with E-state index in [1.807, 2.05) is 0 Å². The van der Waals surface area contributed by atoms with Crippen LogP contribution in [-0.4, -0.2) is 33.8 Å². The SMILES string of the molecule is CNC(=O)CCCOc1cc(OC)cc(OC)c1. The first-order valence-corrected chi connectivity index (χ1v) is 5.76. The van der Waals surface area contributed by atoms with Crippen LogP contribution in [0.5, 0.6) is 17.2 Å². The highest BCUT2D eigenvalue weighted by Gasteiger charge is 2.03. The van der Waals surface area contributed by atoms with E-state index in [1.165, 1.54) is 0 Å². The molecule has 0 radical (unpaired) electrons. The summed E-state index contributed by atoms with van der Waals surface area (Å²) >= 11 is 0. The Kier molecular flexibility index (Phi) is 5.84. The van der Waals surface area contributed by atoms with Crippen LogP contribution in [0.25, 0.3) is 0 Å². The Labute approximate surface area is 107 Å². The lowest BCUT2D eigenvalue weighted by molar-refractivity contribution is -0.120. The third kappa shape index (κ3) is 4.53. The van der Waals surface area contributed by atoms with Crippen molar-refractivity contribution in [3.63, 3.8) is 0 Å². The fourth-order valence-electron chi connectivity index (χ4n) is 1.41. The van der Waals surface area contributed by atoms with Crippen LogP contribution in [0.3, 0.4) is 0 Å². The van der Waals surface area contributed by atoms with Gasteiger partial charge in [-0.2, -0.15) is 0 Å². The molecule has 0 fully saturated rings. The number of amides is 1. The first-order valence-electron chi connectivity index (χ1n) is 5.76. The van der Waals surface area contributed by atoms with Gasteiger partial charge < -0.3 is 19.5 Å². The molecule has 1 N–H and O–H groups in total. The number of rotatable bonds is 7. The molecule has 0 unspecified atom stereocenters. The van der Waals surface area contributed by atoms with Crippen molar-refractivity contribution in [1.29, 1.82) is 0 Å². The summed E-state index contributed by atoms with van der Waals surface area (Å²) < 4.78 is 15.8. The number of nitrogens with one attached hydrogen (secondary N) is 1. The smallest absolute Gasteiger partial charge is 0.219 e. The fourth-order valence-corrected chi connectivity index (χ4v) is 1.41. The monoisotopic (exact) mass is 253 g/mol. The van der Waals surface area contributed by atoms with Crippen molar-refractivity contribution < 1.29 is 19.0 Å². The van der Waals surface area contributed by atoms with Gasteiger partial charge in [0.1, 0.15) is 17.2 Å². The van der Waals surface area contributed by atoms with Gasteiger partial charge in [-0.15, -0.1) is 0 Å². The molecule has 100 valence electrons. The molecule has 1 amide bonds. The van der Waals surface area contributed by atoms with Crippen LogP contribution in [0.1, 0.15) is 12.8 Å². The van der Waals surface area contributed by atoms with E-state index in [1.54, 1.807) is 39.5 Å². The van der Waals surface area contributed by atoms with Gasteiger partial charge >= 0.3 is 0 Å². The van der Waals surface area contributed by atoms with Crippen LogP contribution in [0.2, 0.25) is 0 Å². The average molecular weight is 253 g/mol. The first kappa shape index (κ1) is 14.2. The molecular weight excluding hydrogens is 234 g/mol. The lowest BCUT2D eigenvalue weighted by Gasteiger charge is -2.10. The number of carbonyl (C=O) groups is 1. The molecule has 0 aliphatic carbocycles. The molecule has 5 nitrogen and oxygen atoms in total. The van der Waals surface area contributed by atoms with Gasteiger partial charge in [-0.3, -0.25) is 4.79 Å². The Morgan fingerprint density at radius 3 is 2.17 bits per heavy atom. The maximum Gasteiger partial charge on any atom is 0.219 e. The lowest BCUT2D eigenvalue weighted by Crippen LogP contribution is -2.18. The Morgan fingerprint density at radius 2 is 1.67 bits per heavy atom. The number of benzene rings is 1. The molecular formula is C13H19NO4. The molecule has 0 heterocycles. The summed E-state index contributed by atoms with van der Waals surface area (Å²) in [7, 11) is 4.80. The summed E-state index contributed by atoms with van der Waals surface area (Å²) in [6, 6.07) is 5.34. The maximum atomic E-state index is 11.0. The second-order valence-electron chi connectivity index (χ2n) is 3.67. The molecule has 18 heavy (non-hydrogen) atoms. The zero-order valence-electron chi connectivity index (χ0n) is 11.0. The Hall–Kier alpha value is -1.91. The van der Waals surface area contributed by atoms with Crippen LogP contribution in [0.4, 0.5) is 0 Å². The normalized spacial score (nSPS) is 9.72. The highest BCUT2D eigenvalue weighted by molar-refractivity contribution is 5.75. The predicted molar refractivity (Wildman–Crippen MR) is 68.3 cm³/mol. The minimum atomic E-state index is 0.0156. The molecule has 1 aromatic carbocycles. The van der Waals surface area contributed by atoms with Gasteiger partial charge in [0.05, 0.1) is 20.8 Å². The van der Waals surface area contributed by atoms with Gasteiger partial charge in [-0.25, -0.2) is 0 Å². The van der Waals surface area contributed by atoms with E-state index < -0.39 is 0 Å². The zero-order chi connectivity index (χ0) is 13.4. The van der Waals surface area contributed by atoms with E-state index in [9.17, 15) is 4.79 Å². The molecule has 0 spiro atoms. The number of methoxy groups -OCH3 is 2. The van der Waals surface area contributed by atoms with Crippen molar-refractivity contribution in [2.75, 3.05) is 27.9 Å². The summed E-state index contributed by atoms with van der Waals surface area (Å²) in [4.78, 5) is 11.0.